The Kier molecular flexibility index (Phi) is 5.87. The molecule has 31 heavy (non-hydrogen) atoms. The summed E-state index contributed by atoms with van der Waals surface area (Å²) in [5.41, 5.74) is 1.59. The molecule has 0 saturated carbocycles. The molecule has 0 N–H and O–H groups in total. The van der Waals surface area contributed by atoms with Crippen LogP contribution >= 0.6 is 11.6 Å². The average Bonchev–Trinajstić information content (AvgIpc) is 2.80. The molecule has 0 aliphatic carbocycles. The molecule has 0 atom stereocenters. The fraction of sp³-hybridized carbons (Fsp3) is 0.0435. The fourth-order valence-corrected chi connectivity index (χ4v) is 4.39. The fourth-order valence-electron chi connectivity index (χ4n) is 2.96. The second-order valence-electron chi connectivity index (χ2n) is 6.62. The van der Waals surface area contributed by atoms with Crippen molar-refractivity contribution >= 4 is 32.5 Å². The molecule has 0 bridgehead atoms. The number of nitrogens with zero attached hydrogens (tertiary/aromatic N) is 3. The van der Waals surface area contributed by atoms with Crippen LogP contribution < -0.4 is 4.84 Å². The lowest BCUT2D eigenvalue weighted by Gasteiger charge is -2.22. The highest BCUT2D eigenvalue weighted by molar-refractivity contribution is 7.89. The second kappa shape index (κ2) is 8.74. The van der Waals surface area contributed by atoms with Gasteiger partial charge in [-0.1, -0.05) is 54.1 Å². The van der Waals surface area contributed by atoms with E-state index in [4.69, 9.17) is 21.7 Å². The van der Waals surface area contributed by atoms with Crippen molar-refractivity contribution in [1.82, 2.24) is 9.45 Å². The Balaban J connectivity index is 1.74. The molecule has 0 unspecified atom stereocenters. The van der Waals surface area contributed by atoms with E-state index >= 15 is 0 Å². The summed E-state index contributed by atoms with van der Waals surface area (Å²) in [6.45, 7) is -0.140. The maximum atomic E-state index is 13.3. The smallest absolute Gasteiger partial charge is 0.274 e. The van der Waals surface area contributed by atoms with Crippen LogP contribution in [0.2, 0.25) is 5.02 Å². The number of sulfonamides is 1. The summed E-state index contributed by atoms with van der Waals surface area (Å²) < 4.78 is 27.5. The summed E-state index contributed by atoms with van der Waals surface area (Å²) in [6, 6.07) is 25.5. The number of aromatic nitrogens is 1. The predicted molar refractivity (Wildman–Crippen MR) is 118 cm³/mol. The zero-order valence-corrected chi connectivity index (χ0v) is 17.7. The number of halogens is 1. The van der Waals surface area contributed by atoms with Gasteiger partial charge in [0.25, 0.3) is 10.0 Å². The zero-order valence-electron chi connectivity index (χ0n) is 16.1. The molecule has 154 valence electrons. The van der Waals surface area contributed by atoms with Crippen LogP contribution in [0, 0.1) is 11.3 Å². The zero-order chi connectivity index (χ0) is 21.8. The number of hydrogen-bond donors (Lipinski definition) is 0. The van der Waals surface area contributed by atoms with Crippen LogP contribution in [0.3, 0.4) is 0 Å². The van der Waals surface area contributed by atoms with Crippen molar-refractivity contribution < 1.29 is 13.3 Å². The van der Waals surface area contributed by atoms with Gasteiger partial charge in [0.05, 0.1) is 39.3 Å². The minimum Gasteiger partial charge on any atom is -0.389 e. The van der Waals surface area contributed by atoms with E-state index in [1.807, 2.05) is 36.4 Å². The highest BCUT2D eigenvalue weighted by Crippen LogP contribution is 2.29. The Labute approximate surface area is 184 Å². The van der Waals surface area contributed by atoms with Crippen molar-refractivity contribution in [3.8, 4) is 11.8 Å². The Morgan fingerprint density at radius 2 is 1.71 bits per heavy atom. The average molecular weight is 450 g/mol. The summed E-state index contributed by atoms with van der Waals surface area (Å²) in [5.74, 6) is 0.112. The quantitative estimate of drug-likeness (QED) is 0.389. The number of hydrogen-bond acceptors (Lipinski definition) is 5. The minimum atomic E-state index is -4.04. The van der Waals surface area contributed by atoms with Crippen LogP contribution in [0.25, 0.3) is 10.9 Å². The van der Waals surface area contributed by atoms with Gasteiger partial charge >= 0.3 is 0 Å². The van der Waals surface area contributed by atoms with Gasteiger partial charge in [-0.2, -0.15) is 5.26 Å². The van der Waals surface area contributed by atoms with Crippen LogP contribution in [-0.2, 0) is 16.6 Å². The number of para-hydroxylation sites is 1. The highest BCUT2D eigenvalue weighted by Gasteiger charge is 2.28. The molecule has 4 rings (SSSR count). The van der Waals surface area contributed by atoms with Gasteiger partial charge in [0, 0.05) is 5.39 Å². The van der Waals surface area contributed by atoms with Gasteiger partial charge in [0.15, 0.2) is 5.75 Å². The molecule has 0 saturated heterocycles. The molecule has 8 heteroatoms. The van der Waals surface area contributed by atoms with Crippen LogP contribution in [0.15, 0.2) is 89.8 Å². The second-order valence-corrected chi connectivity index (χ2v) is 8.86. The summed E-state index contributed by atoms with van der Waals surface area (Å²) in [6.07, 6.45) is 0. The Morgan fingerprint density at radius 1 is 0.968 bits per heavy atom. The molecular formula is C23H16ClN3O3S. The van der Waals surface area contributed by atoms with Crippen molar-refractivity contribution in [2.45, 2.75) is 11.4 Å². The molecule has 6 nitrogen and oxygen atoms in total. The predicted octanol–water partition coefficient (Wildman–Crippen LogP) is 4.94. The molecule has 0 fully saturated rings. The Bertz CT molecular complexity index is 1390. The van der Waals surface area contributed by atoms with Crippen LogP contribution in [0.1, 0.15) is 11.3 Å². The SMILES string of the molecule is N#Cc1ccc(ON(Cc2ccc3ccccc3n2)S(=O)(=O)c2ccccc2)c(Cl)c1. The van der Waals surface area contributed by atoms with E-state index in [9.17, 15) is 8.42 Å². The van der Waals surface area contributed by atoms with E-state index in [-0.39, 0.29) is 22.2 Å². The summed E-state index contributed by atoms with van der Waals surface area (Å²) in [4.78, 5) is 10.4. The lowest BCUT2D eigenvalue weighted by Crippen LogP contribution is -2.34. The van der Waals surface area contributed by atoms with Gasteiger partial charge in [0.2, 0.25) is 0 Å². The molecular weight excluding hydrogens is 434 g/mol. The molecule has 1 aromatic heterocycles. The van der Waals surface area contributed by atoms with E-state index in [1.54, 1.807) is 24.3 Å². The Morgan fingerprint density at radius 3 is 2.45 bits per heavy atom. The molecule has 1 heterocycles. The normalized spacial score (nSPS) is 11.4. The van der Waals surface area contributed by atoms with E-state index in [0.29, 0.717) is 11.3 Å². The molecule has 3 aromatic carbocycles. The van der Waals surface area contributed by atoms with Gasteiger partial charge < -0.3 is 4.84 Å². The van der Waals surface area contributed by atoms with Crippen LogP contribution in [-0.4, -0.2) is 17.9 Å². The number of fused-ring (bicyclic) bond motifs is 1. The number of benzene rings is 3. The van der Waals surface area contributed by atoms with Crippen molar-refractivity contribution in [2.24, 2.45) is 0 Å². The summed E-state index contributed by atoms with van der Waals surface area (Å²) >= 11 is 6.22. The molecule has 0 radical (unpaired) electrons. The topological polar surface area (TPSA) is 83.3 Å². The van der Waals surface area contributed by atoms with Crippen molar-refractivity contribution in [3.05, 3.63) is 101 Å². The first-order valence-electron chi connectivity index (χ1n) is 9.27. The first kappa shape index (κ1) is 20.8. The summed E-state index contributed by atoms with van der Waals surface area (Å²) in [5, 5.41) is 10.1. The van der Waals surface area contributed by atoms with Crippen LogP contribution in [0.5, 0.6) is 5.75 Å². The van der Waals surface area contributed by atoms with Gasteiger partial charge in [0.1, 0.15) is 0 Å². The summed E-state index contributed by atoms with van der Waals surface area (Å²) in [7, 11) is -4.04. The van der Waals surface area contributed by atoms with Crippen molar-refractivity contribution in [2.75, 3.05) is 0 Å². The third kappa shape index (κ3) is 4.52. The van der Waals surface area contributed by atoms with E-state index in [2.05, 4.69) is 4.98 Å². The standard InChI is InChI=1S/C23H16ClN3O3S/c24-21-14-17(15-25)10-13-23(21)30-27(31(28,29)20-7-2-1-3-8-20)16-19-12-11-18-6-4-5-9-22(18)26-19/h1-14H,16H2. The van der Waals surface area contributed by atoms with Gasteiger partial charge in [-0.05, 0) is 46.9 Å². The minimum absolute atomic E-state index is 0.0700. The molecule has 0 spiro atoms. The van der Waals surface area contributed by atoms with E-state index in [0.717, 1.165) is 15.4 Å². The van der Waals surface area contributed by atoms with E-state index in [1.165, 1.54) is 30.3 Å². The van der Waals surface area contributed by atoms with Gasteiger partial charge in [-0.25, -0.2) is 8.42 Å². The maximum Gasteiger partial charge on any atom is 0.274 e. The highest BCUT2D eigenvalue weighted by atomic mass is 35.5. The maximum absolute atomic E-state index is 13.3. The van der Waals surface area contributed by atoms with Crippen LogP contribution in [0.4, 0.5) is 0 Å². The first-order valence-corrected chi connectivity index (χ1v) is 11.1. The van der Waals surface area contributed by atoms with Crippen molar-refractivity contribution in [3.63, 3.8) is 0 Å². The third-order valence-corrected chi connectivity index (χ3v) is 6.42. The first-order chi connectivity index (χ1) is 15.0. The van der Waals surface area contributed by atoms with Gasteiger partial charge in [-0.15, -0.1) is 0 Å². The largest absolute Gasteiger partial charge is 0.389 e. The molecule has 0 aliphatic rings. The third-order valence-electron chi connectivity index (χ3n) is 4.52. The molecule has 4 aromatic rings. The number of nitriles is 1. The van der Waals surface area contributed by atoms with Gasteiger partial charge in [-0.3, -0.25) is 4.98 Å². The lowest BCUT2D eigenvalue weighted by molar-refractivity contribution is 0.0272. The lowest BCUT2D eigenvalue weighted by atomic mass is 10.2. The number of hydroxylamine groups is 1. The monoisotopic (exact) mass is 449 g/mol. The molecule has 0 amide bonds. The number of pyridine rings is 1. The number of rotatable bonds is 6. The van der Waals surface area contributed by atoms with Crippen molar-refractivity contribution in [1.29, 1.82) is 5.26 Å². The Hall–Kier alpha value is -3.44. The van der Waals surface area contributed by atoms with E-state index < -0.39 is 10.0 Å². The molecule has 0 aliphatic heterocycles.